The molecule has 0 aliphatic heterocycles. The predicted molar refractivity (Wildman–Crippen MR) is 86.2 cm³/mol. The van der Waals surface area contributed by atoms with Crippen molar-refractivity contribution in [2.75, 3.05) is 20.4 Å². The van der Waals surface area contributed by atoms with Crippen LogP contribution in [-0.4, -0.2) is 41.0 Å². The molecule has 0 radical (unpaired) electrons. The number of aromatic nitrogens is 2. The largest absolute Gasteiger partial charge is 0.383 e. The van der Waals surface area contributed by atoms with Gasteiger partial charge in [0.25, 0.3) is 0 Å². The molecule has 0 saturated heterocycles. The van der Waals surface area contributed by atoms with Crippen LogP contribution in [0.3, 0.4) is 0 Å². The molecule has 1 aromatic carbocycles. The van der Waals surface area contributed by atoms with Crippen molar-refractivity contribution in [3.63, 3.8) is 0 Å². The maximum Gasteiger partial charge on any atom is 0.213 e. The number of ketones is 1. The van der Waals surface area contributed by atoms with Gasteiger partial charge >= 0.3 is 0 Å². The number of benzene rings is 1. The Hall–Kier alpha value is -2.14. The van der Waals surface area contributed by atoms with Gasteiger partial charge in [0.1, 0.15) is 5.69 Å². The van der Waals surface area contributed by atoms with Crippen molar-refractivity contribution >= 4 is 23.1 Å². The van der Waals surface area contributed by atoms with Gasteiger partial charge in [0.2, 0.25) is 5.78 Å². The number of rotatable bonds is 5. The fraction of sp³-hybridized carbons (Fsp3) is 0.188. The van der Waals surface area contributed by atoms with Gasteiger partial charge in [-0.05, 0) is 17.9 Å². The maximum atomic E-state index is 12.8. The first-order valence-electron chi connectivity index (χ1n) is 6.47. The second-order valence-corrected chi connectivity index (χ2v) is 5.40. The lowest BCUT2D eigenvalue weighted by Crippen LogP contribution is -2.11. The molecule has 0 atom stereocenters. The third-order valence-corrected chi connectivity index (χ3v) is 3.33. The zero-order chi connectivity index (χ0) is 15.2. The normalized spacial score (nSPS) is 11.3. The van der Waals surface area contributed by atoms with E-state index >= 15 is 0 Å². The van der Waals surface area contributed by atoms with Crippen molar-refractivity contribution in [2.45, 2.75) is 5.16 Å². The van der Waals surface area contributed by atoms with Crippen LogP contribution in [-0.2, 0) is 0 Å². The molecule has 5 heteroatoms. The highest BCUT2D eigenvalue weighted by atomic mass is 32.2. The summed E-state index contributed by atoms with van der Waals surface area (Å²) in [5.41, 5.74) is 1.90. The van der Waals surface area contributed by atoms with E-state index in [1.165, 1.54) is 11.8 Å². The van der Waals surface area contributed by atoms with Crippen molar-refractivity contribution in [1.82, 2.24) is 14.9 Å². The van der Waals surface area contributed by atoms with Crippen LogP contribution in [0.15, 0.2) is 54.0 Å². The van der Waals surface area contributed by atoms with Gasteiger partial charge in [-0.25, -0.2) is 9.97 Å². The molecule has 1 aromatic heterocycles. The molecule has 0 unspecified atom stereocenters. The summed E-state index contributed by atoms with van der Waals surface area (Å²) in [6.45, 7) is 0. The molecule has 2 rings (SSSR count). The van der Waals surface area contributed by atoms with Gasteiger partial charge in [-0.2, -0.15) is 0 Å². The van der Waals surface area contributed by atoms with Crippen molar-refractivity contribution in [3.8, 4) is 0 Å². The monoisotopic (exact) mass is 299 g/mol. The second-order valence-electron chi connectivity index (χ2n) is 4.63. The van der Waals surface area contributed by atoms with Gasteiger partial charge < -0.3 is 4.90 Å². The molecule has 0 aliphatic carbocycles. The highest BCUT2D eigenvalue weighted by Crippen LogP contribution is 2.20. The summed E-state index contributed by atoms with van der Waals surface area (Å²) in [5.74, 6) is -0.104. The topological polar surface area (TPSA) is 46.1 Å². The lowest BCUT2D eigenvalue weighted by molar-refractivity contribution is 0.105. The molecule has 0 aliphatic rings. The van der Waals surface area contributed by atoms with Crippen LogP contribution in [0.25, 0.3) is 5.57 Å². The van der Waals surface area contributed by atoms with E-state index in [-0.39, 0.29) is 5.78 Å². The molecule has 1 heterocycles. The minimum absolute atomic E-state index is 0.104. The Morgan fingerprint density at radius 2 is 1.90 bits per heavy atom. The van der Waals surface area contributed by atoms with Gasteiger partial charge in [-0.3, -0.25) is 4.79 Å². The van der Waals surface area contributed by atoms with Crippen LogP contribution < -0.4 is 0 Å². The van der Waals surface area contributed by atoms with Gasteiger partial charge in [0.15, 0.2) is 5.16 Å². The zero-order valence-corrected chi connectivity index (χ0v) is 13.1. The maximum absolute atomic E-state index is 12.8. The lowest BCUT2D eigenvalue weighted by Gasteiger charge is -2.11. The summed E-state index contributed by atoms with van der Waals surface area (Å²) in [5, 5.41) is 0.595. The summed E-state index contributed by atoms with van der Waals surface area (Å²) in [6, 6.07) is 11.2. The summed E-state index contributed by atoms with van der Waals surface area (Å²) in [4.78, 5) is 23.0. The van der Waals surface area contributed by atoms with E-state index in [1.54, 1.807) is 12.3 Å². The number of allylic oxidation sites excluding steroid dienone is 1. The number of hydrogen-bond acceptors (Lipinski definition) is 5. The van der Waals surface area contributed by atoms with E-state index in [4.69, 9.17) is 0 Å². The average molecular weight is 299 g/mol. The molecular weight excluding hydrogens is 282 g/mol. The van der Waals surface area contributed by atoms with Crippen LogP contribution in [0.2, 0.25) is 0 Å². The first-order chi connectivity index (χ1) is 10.1. The molecule has 0 fully saturated rings. The Bertz CT molecular complexity index is 654. The average Bonchev–Trinajstić information content (AvgIpc) is 2.52. The van der Waals surface area contributed by atoms with Gasteiger partial charge in [-0.1, -0.05) is 42.1 Å². The Labute approximate surface area is 128 Å². The van der Waals surface area contributed by atoms with E-state index in [0.717, 1.165) is 5.56 Å². The number of carbonyl (C=O) groups excluding carboxylic acids is 1. The summed E-state index contributed by atoms with van der Waals surface area (Å²) >= 11 is 1.42. The van der Waals surface area contributed by atoms with Crippen LogP contribution >= 0.6 is 11.8 Å². The number of hydrogen-bond donors (Lipinski definition) is 0. The number of nitrogens with zero attached hydrogens (tertiary/aromatic N) is 3. The molecule has 21 heavy (non-hydrogen) atoms. The Balaban J connectivity index is 2.44. The Morgan fingerprint density at radius 3 is 2.52 bits per heavy atom. The SMILES string of the molecule is CSc1nccc(C(=O)C(=CN(C)C)c2ccccc2)n1. The molecule has 0 amide bonds. The van der Waals surface area contributed by atoms with E-state index < -0.39 is 0 Å². The molecule has 0 saturated carbocycles. The lowest BCUT2D eigenvalue weighted by atomic mass is 10.0. The van der Waals surface area contributed by atoms with Crippen LogP contribution in [0.4, 0.5) is 0 Å². The second kappa shape index (κ2) is 7.04. The minimum atomic E-state index is -0.104. The van der Waals surface area contributed by atoms with Crippen molar-refractivity contribution in [1.29, 1.82) is 0 Å². The number of Topliss-reactive ketones (excluding diaryl/α,β-unsaturated/α-hetero) is 1. The predicted octanol–water partition coefficient (Wildman–Crippen LogP) is 2.98. The quantitative estimate of drug-likeness (QED) is 0.367. The molecule has 108 valence electrons. The summed E-state index contributed by atoms with van der Waals surface area (Å²) < 4.78 is 0. The standard InChI is InChI=1S/C16H17N3OS/c1-19(2)11-13(12-7-5-4-6-8-12)15(20)14-9-10-17-16(18-14)21-3/h4-11H,1-3H3. The van der Waals surface area contributed by atoms with Crippen LogP contribution in [0, 0.1) is 0 Å². The Morgan fingerprint density at radius 1 is 1.19 bits per heavy atom. The molecular formula is C16H17N3OS. The number of thioether (sulfide) groups is 1. The zero-order valence-electron chi connectivity index (χ0n) is 12.3. The third-order valence-electron chi connectivity index (χ3n) is 2.77. The summed E-state index contributed by atoms with van der Waals surface area (Å²) in [7, 11) is 3.78. The molecule has 0 spiro atoms. The molecule has 0 N–H and O–H groups in total. The van der Waals surface area contributed by atoms with Gasteiger partial charge in [0.05, 0.1) is 0 Å². The first-order valence-corrected chi connectivity index (χ1v) is 7.69. The van der Waals surface area contributed by atoms with Gasteiger partial charge in [0, 0.05) is 32.1 Å². The fourth-order valence-electron chi connectivity index (χ4n) is 1.84. The number of carbonyl (C=O) groups is 1. The van der Waals surface area contributed by atoms with Crippen molar-refractivity contribution < 1.29 is 4.79 Å². The Kier molecular flexibility index (Phi) is 5.11. The van der Waals surface area contributed by atoms with Crippen molar-refractivity contribution in [3.05, 3.63) is 60.1 Å². The smallest absolute Gasteiger partial charge is 0.213 e. The third kappa shape index (κ3) is 3.92. The van der Waals surface area contributed by atoms with E-state index in [1.807, 2.05) is 61.8 Å². The van der Waals surface area contributed by atoms with Crippen LogP contribution in [0.5, 0.6) is 0 Å². The van der Waals surface area contributed by atoms with E-state index in [2.05, 4.69) is 9.97 Å². The van der Waals surface area contributed by atoms with Gasteiger partial charge in [-0.15, -0.1) is 0 Å². The summed E-state index contributed by atoms with van der Waals surface area (Å²) in [6.07, 6.45) is 5.32. The van der Waals surface area contributed by atoms with E-state index in [9.17, 15) is 4.79 Å². The minimum Gasteiger partial charge on any atom is -0.383 e. The van der Waals surface area contributed by atoms with Crippen molar-refractivity contribution in [2.24, 2.45) is 0 Å². The molecule has 2 aromatic rings. The van der Waals surface area contributed by atoms with Crippen LogP contribution in [0.1, 0.15) is 16.1 Å². The highest BCUT2D eigenvalue weighted by Gasteiger charge is 2.16. The fourth-order valence-corrected chi connectivity index (χ4v) is 2.20. The first kappa shape index (κ1) is 15.3. The molecule has 0 bridgehead atoms. The highest BCUT2D eigenvalue weighted by molar-refractivity contribution is 7.98. The molecule has 4 nitrogen and oxygen atoms in total. The van der Waals surface area contributed by atoms with E-state index in [0.29, 0.717) is 16.4 Å².